The number of esters is 1. The predicted octanol–water partition coefficient (Wildman–Crippen LogP) is 4.52. The van der Waals surface area contributed by atoms with Crippen LogP contribution in [0, 0.1) is 6.92 Å². The molecule has 1 heterocycles. The molecule has 1 aromatic heterocycles. The molecule has 0 atom stereocenters. The summed E-state index contributed by atoms with van der Waals surface area (Å²) in [5.41, 5.74) is 3.54. The third-order valence-corrected chi connectivity index (χ3v) is 5.60. The first kappa shape index (κ1) is 22.3. The molecule has 0 aliphatic heterocycles. The lowest BCUT2D eigenvalue weighted by Gasteiger charge is -2.10. The van der Waals surface area contributed by atoms with Crippen molar-refractivity contribution in [3.8, 4) is 17.1 Å². The van der Waals surface area contributed by atoms with Gasteiger partial charge in [-0.3, -0.25) is 14.2 Å². The van der Waals surface area contributed by atoms with E-state index in [1.807, 2.05) is 84.3 Å². The summed E-state index contributed by atoms with van der Waals surface area (Å²) in [7, 11) is 0. The molecule has 0 bridgehead atoms. The van der Waals surface area contributed by atoms with Crippen LogP contribution in [0.15, 0.2) is 90.1 Å². The highest BCUT2D eigenvalue weighted by Crippen LogP contribution is 2.27. The standard InChI is InChI=1S/C25H22N4O3S/c1-18-12-14-20(15-13-18)26-22(30)16-32-23(31)17-33-25-28-27-24(19-8-4-2-5-9-19)29(25)21-10-6-3-7-11-21/h2-15H,16-17H2,1H3,(H,26,30). The molecule has 0 aliphatic rings. The van der Waals surface area contributed by atoms with Crippen molar-refractivity contribution in [2.75, 3.05) is 17.7 Å². The third-order valence-electron chi connectivity index (χ3n) is 4.70. The van der Waals surface area contributed by atoms with E-state index >= 15 is 0 Å². The summed E-state index contributed by atoms with van der Waals surface area (Å²) < 4.78 is 7.03. The molecule has 0 spiro atoms. The Morgan fingerprint density at radius 3 is 2.27 bits per heavy atom. The zero-order valence-corrected chi connectivity index (χ0v) is 18.8. The lowest BCUT2D eigenvalue weighted by atomic mass is 10.2. The lowest BCUT2D eigenvalue weighted by Crippen LogP contribution is -2.21. The predicted molar refractivity (Wildman–Crippen MR) is 128 cm³/mol. The normalized spacial score (nSPS) is 10.6. The van der Waals surface area contributed by atoms with Crippen molar-refractivity contribution in [2.24, 2.45) is 0 Å². The third kappa shape index (κ3) is 5.87. The minimum atomic E-state index is -0.511. The fourth-order valence-electron chi connectivity index (χ4n) is 3.09. The molecule has 1 N–H and O–H groups in total. The Labute approximate surface area is 195 Å². The number of hydrogen-bond acceptors (Lipinski definition) is 6. The Bertz CT molecular complexity index is 1230. The van der Waals surface area contributed by atoms with Crippen molar-refractivity contribution >= 4 is 29.3 Å². The van der Waals surface area contributed by atoms with Crippen molar-refractivity contribution < 1.29 is 14.3 Å². The Morgan fingerprint density at radius 2 is 1.58 bits per heavy atom. The van der Waals surface area contributed by atoms with Crippen molar-refractivity contribution in [1.82, 2.24) is 14.8 Å². The maximum absolute atomic E-state index is 12.3. The van der Waals surface area contributed by atoms with Crippen LogP contribution in [-0.2, 0) is 14.3 Å². The van der Waals surface area contributed by atoms with E-state index in [1.165, 1.54) is 11.8 Å². The molecule has 7 nitrogen and oxygen atoms in total. The highest BCUT2D eigenvalue weighted by atomic mass is 32.2. The van der Waals surface area contributed by atoms with Gasteiger partial charge in [0.2, 0.25) is 0 Å². The summed E-state index contributed by atoms with van der Waals surface area (Å²) >= 11 is 1.21. The number of aromatic nitrogens is 3. The number of ether oxygens (including phenoxy) is 1. The number of benzene rings is 3. The summed E-state index contributed by atoms with van der Waals surface area (Å²) in [5.74, 6) is -0.230. The van der Waals surface area contributed by atoms with Crippen LogP contribution in [-0.4, -0.2) is 39.0 Å². The van der Waals surface area contributed by atoms with Crippen LogP contribution in [0.3, 0.4) is 0 Å². The van der Waals surface area contributed by atoms with Gasteiger partial charge in [-0.05, 0) is 31.2 Å². The highest BCUT2D eigenvalue weighted by molar-refractivity contribution is 7.99. The molecular weight excluding hydrogens is 436 g/mol. The van der Waals surface area contributed by atoms with Crippen molar-refractivity contribution in [3.05, 3.63) is 90.5 Å². The second kappa shape index (κ2) is 10.6. The van der Waals surface area contributed by atoms with Crippen LogP contribution in [0.25, 0.3) is 17.1 Å². The first-order chi connectivity index (χ1) is 16.1. The Balaban J connectivity index is 1.39. The molecule has 4 rings (SSSR count). The number of anilines is 1. The number of hydrogen-bond donors (Lipinski definition) is 1. The van der Waals surface area contributed by atoms with Gasteiger partial charge in [-0.1, -0.05) is 78.0 Å². The number of nitrogens with zero attached hydrogens (tertiary/aromatic N) is 3. The highest BCUT2D eigenvalue weighted by Gasteiger charge is 2.18. The van der Waals surface area contributed by atoms with Gasteiger partial charge in [0.15, 0.2) is 17.6 Å². The number of nitrogens with one attached hydrogen (secondary N) is 1. The van der Waals surface area contributed by atoms with Gasteiger partial charge in [-0.25, -0.2) is 0 Å². The molecule has 8 heteroatoms. The number of thioether (sulfide) groups is 1. The minimum absolute atomic E-state index is 0.00241. The molecule has 166 valence electrons. The van der Waals surface area contributed by atoms with E-state index in [2.05, 4.69) is 15.5 Å². The van der Waals surface area contributed by atoms with Crippen LogP contribution < -0.4 is 5.32 Å². The van der Waals surface area contributed by atoms with E-state index in [0.717, 1.165) is 16.8 Å². The second-order valence-corrected chi connectivity index (χ2v) is 8.15. The number of carbonyl (C=O) groups excluding carboxylic acids is 2. The number of carbonyl (C=O) groups is 2. The lowest BCUT2D eigenvalue weighted by molar-refractivity contribution is -0.144. The summed E-state index contributed by atoms with van der Waals surface area (Å²) in [6, 6.07) is 26.8. The number of amides is 1. The summed E-state index contributed by atoms with van der Waals surface area (Å²) in [4.78, 5) is 24.3. The van der Waals surface area contributed by atoms with Crippen LogP contribution in [0.4, 0.5) is 5.69 Å². The molecule has 4 aromatic rings. The molecule has 0 fully saturated rings. The van der Waals surface area contributed by atoms with Crippen LogP contribution in [0.2, 0.25) is 0 Å². The van der Waals surface area contributed by atoms with E-state index in [0.29, 0.717) is 16.7 Å². The number of aryl methyl sites for hydroxylation is 1. The largest absolute Gasteiger partial charge is 0.455 e. The van der Waals surface area contributed by atoms with E-state index in [4.69, 9.17) is 4.74 Å². The zero-order valence-electron chi connectivity index (χ0n) is 18.0. The molecule has 0 radical (unpaired) electrons. The minimum Gasteiger partial charge on any atom is -0.455 e. The van der Waals surface area contributed by atoms with Crippen LogP contribution in [0.1, 0.15) is 5.56 Å². The molecule has 0 saturated carbocycles. The smallest absolute Gasteiger partial charge is 0.316 e. The van der Waals surface area contributed by atoms with Crippen molar-refractivity contribution in [3.63, 3.8) is 0 Å². The quantitative estimate of drug-likeness (QED) is 0.309. The molecule has 33 heavy (non-hydrogen) atoms. The van der Waals surface area contributed by atoms with E-state index in [-0.39, 0.29) is 12.4 Å². The van der Waals surface area contributed by atoms with Gasteiger partial charge >= 0.3 is 5.97 Å². The second-order valence-electron chi connectivity index (χ2n) is 7.21. The Kier molecular flexibility index (Phi) is 7.16. The summed E-state index contributed by atoms with van der Waals surface area (Å²) in [5, 5.41) is 11.9. The van der Waals surface area contributed by atoms with Crippen molar-refractivity contribution in [2.45, 2.75) is 12.1 Å². The molecular formula is C25H22N4O3S. The molecule has 0 saturated heterocycles. The fourth-order valence-corrected chi connectivity index (χ4v) is 3.84. The van der Waals surface area contributed by atoms with Crippen LogP contribution in [0.5, 0.6) is 0 Å². The SMILES string of the molecule is Cc1ccc(NC(=O)COC(=O)CSc2nnc(-c3ccccc3)n2-c2ccccc2)cc1. The fraction of sp³-hybridized carbons (Fsp3) is 0.120. The van der Waals surface area contributed by atoms with Crippen LogP contribution >= 0.6 is 11.8 Å². The van der Waals surface area contributed by atoms with E-state index < -0.39 is 11.9 Å². The molecule has 0 unspecified atom stereocenters. The monoisotopic (exact) mass is 458 g/mol. The van der Waals surface area contributed by atoms with E-state index in [1.54, 1.807) is 12.1 Å². The Morgan fingerprint density at radius 1 is 0.909 bits per heavy atom. The van der Waals surface area contributed by atoms with Crippen molar-refractivity contribution in [1.29, 1.82) is 0 Å². The molecule has 0 aliphatic carbocycles. The maximum atomic E-state index is 12.3. The van der Waals surface area contributed by atoms with Gasteiger partial charge < -0.3 is 10.1 Å². The van der Waals surface area contributed by atoms with E-state index in [9.17, 15) is 9.59 Å². The molecule has 3 aromatic carbocycles. The summed E-state index contributed by atoms with van der Waals surface area (Å²) in [6.45, 7) is 1.61. The average Bonchev–Trinajstić information content (AvgIpc) is 3.28. The topological polar surface area (TPSA) is 86.1 Å². The average molecular weight is 459 g/mol. The van der Waals surface area contributed by atoms with Gasteiger partial charge in [-0.2, -0.15) is 0 Å². The molecule has 1 amide bonds. The first-order valence-electron chi connectivity index (χ1n) is 10.3. The van der Waals surface area contributed by atoms with Gasteiger partial charge in [0.25, 0.3) is 5.91 Å². The zero-order chi connectivity index (χ0) is 23.0. The van der Waals surface area contributed by atoms with Gasteiger partial charge in [-0.15, -0.1) is 10.2 Å². The van der Waals surface area contributed by atoms with Gasteiger partial charge in [0.1, 0.15) is 0 Å². The maximum Gasteiger partial charge on any atom is 0.316 e. The number of para-hydroxylation sites is 1. The van der Waals surface area contributed by atoms with Gasteiger partial charge in [0.05, 0.1) is 5.75 Å². The summed E-state index contributed by atoms with van der Waals surface area (Å²) in [6.07, 6.45) is 0. The van der Waals surface area contributed by atoms with Gasteiger partial charge in [0, 0.05) is 16.9 Å². The first-order valence-corrected chi connectivity index (χ1v) is 11.3. The number of rotatable bonds is 8. The Hall–Kier alpha value is -3.91.